The third-order valence-electron chi connectivity index (χ3n) is 3.30. The van der Waals surface area contributed by atoms with Gasteiger partial charge in [-0.2, -0.15) is 0 Å². The highest BCUT2D eigenvalue weighted by molar-refractivity contribution is 7.15. The first-order valence-corrected chi connectivity index (χ1v) is 7.44. The maximum atomic E-state index is 4.57. The summed E-state index contributed by atoms with van der Waals surface area (Å²) in [5.74, 6) is 0.801. The van der Waals surface area contributed by atoms with Crippen LogP contribution in [-0.4, -0.2) is 24.1 Å². The van der Waals surface area contributed by atoms with E-state index in [2.05, 4.69) is 36.0 Å². The summed E-state index contributed by atoms with van der Waals surface area (Å²) in [6, 6.07) is 0.646. The SMILES string of the molecule is CCCNCc1cnc(N2CC(C)CC2C)s1. The van der Waals surface area contributed by atoms with Crippen LogP contribution in [0, 0.1) is 5.92 Å². The van der Waals surface area contributed by atoms with Crippen LogP contribution in [-0.2, 0) is 6.54 Å². The van der Waals surface area contributed by atoms with Gasteiger partial charge in [-0.1, -0.05) is 13.8 Å². The van der Waals surface area contributed by atoms with E-state index in [9.17, 15) is 0 Å². The Hall–Kier alpha value is -0.610. The summed E-state index contributed by atoms with van der Waals surface area (Å²) in [5.41, 5.74) is 0. The molecule has 2 heterocycles. The van der Waals surface area contributed by atoms with Crippen molar-refractivity contribution < 1.29 is 0 Å². The number of hydrogen-bond donors (Lipinski definition) is 1. The lowest BCUT2D eigenvalue weighted by Gasteiger charge is -2.19. The molecule has 0 aliphatic carbocycles. The Morgan fingerprint density at radius 1 is 1.53 bits per heavy atom. The first kappa shape index (κ1) is 12.8. The number of nitrogens with one attached hydrogen (secondary N) is 1. The third-order valence-corrected chi connectivity index (χ3v) is 4.33. The van der Waals surface area contributed by atoms with Crippen molar-refractivity contribution in [3.05, 3.63) is 11.1 Å². The zero-order chi connectivity index (χ0) is 12.3. The minimum Gasteiger partial charge on any atom is -0.345 e. The Labute approximate surface area is 108 Å². The summed E-state index contributed by atoms with van der Waals surface area (Å²) >= 11 is 1.84. The van der Waals surface area contributed by atoms with Gasteiger partial charge in [-0.25, -0.2) is 4.98 Å². The highest BCUT2D eigenvalue weighted by atomic mass is 32.1. The van der Waals surface area contributed by atoms with E-state index < -0.39 is 0 Å². The van der Waals surface area contributed by atoms with E-state index in [1.54, 1.807) is 0 Å². The van der Waals surface area contributed by atoms with Crippen LogP contribution in [0.25, 0.3) is 0 Å². The second-order valence-corrected chi connectivity index (χ2v) is 6.22. The fraction of sp³-hybridized carbons (Fsp3) is 0.769. The molecule has 1 N–H and O–H groups in total. The molecule has 2 unspecified atom stereocenters. The number of rotatable bonds is 5. The molecule has 1 aliphatic heterocycles. The van der Waals surface area contributed by atoms with Gasteiger partial charge < -0.3 is 10.2 Å². The van der Waals surface area contributed by atoms with Crippen molar-refractivity contribution in [2.75, 3.05) is 18.0 Å². The second kappa shape index (κ2) is 5.83. The number of hydrogen-bond acceptors (Lipinski definition) is 4. The Balaban J connectivity index is 1.93. The van der Waals surface area contributed by atoms with Crippen molar-refractivity contribution in [1.82, 2.24) is 10.3 Å². The Kier molecular flexibility index (Phi) is 4.40. The molecule has 0 saturated carbocycles. The van der Waals surface area contributed by atoms with Gasteiger partial charge >= 0.3 is 0 Å². The normalized spacial score (nSPS) is 24.5. The van der Waals surface area contributed by atoms with Gasteiger partial charge in [0.05, 0.1) is 0 Å². The summed E-state index contributed by atoms with van der Waals surface area (Å²) < 4.78 is 0. The van der Waals surface area contributed by atoms with Gasteiger partial charge in [-0.15, -0.1) is 11.3 Å². The number of thiazole rings is 1. The summed E-state index contributed by atoms with van der Waals surface area (Å²) in [4.78, 5) is 8.37. The zero-order valence-electron chi connectivity index (χ0n) is 11.1. The van der Waals surface area contributed by atoms with Gasteiger partial charge in [0.2, 0.25) is 0 Å². The maximum Gasteiger partial charge on any atom is 0.185 e. The number of nitrogens with zero attached hydrogens (tertiary/aromatic N) is 2. The molecule has 1 aromatic heterocycles. The molecule has 1 saturated heterocycles. The van der Waals surface area contributed by atoms with Crippen LogP contribution in [0.15, 0.2) is 6.20 Å². The van der Waals surface area contributed by atoms with Gasteiger partial charge in [0.15, 0.2) is 5.13 Å². The molecule has 1 fully saturated rings. The van der Waals surface area contributed by atoms with Crippen LogP contribution in [0.3, 0.4) is 0 Å². The number of aromatic nitrogens is 1. The Bertz CT molecular complexity index is 350. The average molecular weight is 253 g/mol. The van der Waals surface area contributed by atoms with Crippen molar-refractivity contribution in [3.63, 3.8) is 0 Å². The zero-order valence-corrected chi connectivity index (χ0v) is 11.9. The molecule has 0 bridgehead atoms. The van der Waals surface area contributed by atoms with Gasteiger partial charge in [0, 0.05) is 30.2 Å². The molecule has 4 heteroatoms. The predicted molar refractivity (Wildman–Crippen MR) is 74.7 cm³/mol. The molecule has 3 nitrogen and oxygen atoms in total. The molecule has 96 valence electrons. The number of anilines is 1. The van der Waals surface area contributed by atoms with Gasteiger partial charge in [-0.05, 0) is 32.2 Å². The monoisotopic (exact) mass is 253 g/mol. The molecule has 0 radical (unpaired) electrons. The van der Waals surface area contributed by atoms with Crippen LogP contribution >= 0.6 is 11.3 Å². The molecule has 1 aromatic rings. The lowest BCUT2D eigenvalue weighted by Crippen LogP contribution is -2.26. The van der Waals surface area contributed by atoms with Crippen molar-refractivity contribution >= 4 is 16.5 Å². The minimum absolute atomic E-state index is 0.646. The van der Waals surface area contributed by atoms with Gasteiger partial charge in [0.25, 0.3) is 0 Å². The molecule has 17 heavy (non-hydrogen) atoms. The molecule has 0 aromatic carbocycles. The lowest BCUT2D eigenvalue weighted by atomic mass is 10.1. The molecule has 0 amide bonds. The fourth-order valence-electron chi connectivity index (χ4n) is 2.47. The summed E-state index contributed by atoms with van der Waals surface area (Å²) in [6.45, 7) is 10.0. The second-order valence-electron chi connectivity index (χ2n) is 5.13. The third kappa shape index (κ3) is 3.19. The molecule has 0 spiro atoms. The van der Waals surface area contributed by atoms with Gasteiger partial charge in [0.1, 0.15) is 0 Å². The first-order valence-electron chi connectivity index (χ1n) is 6.62. The molecular weight excluding hydrogens is 230 g/mol. The van der Waals surface area contributed by atoms with E-state index in [0.29, 0.717) is 6.04 Å². The van der Waals surface area contributed by atoms with Crippen molar-refractivity contribution in [2.24, 2.45) is 5.92 Å². The molecule has 2 atom stereocenters. The van der Waals surface area contributed by atoms with E-state index in [0.717, 1.165) is 25.6 Å². The molecule has 2 rings (SSSR count). The predicted octanol–water partition coefficient (Wildman–Crippen LogP) is 2.88. The van der Waals surface area contributed by atoms with E-state index in [-0.39, 0.29) is 0 Å². The lowest BCUT2D eigenvalue weighted by molar-refractivity contribution is 0.625. The topological polar surface area (TPSA) is 28.2 Å². The van der Waals surface area contributed by atoms with Gasteiger partial charge in [-0.3, -0.25) is 0 Å². The average Bonchev–Trinajstić information content (AvgIpc) is 2.86. The van der Waals surface area contributed by atoms with Crippen molar-refractivity contribution in [1.29, 1.82) is 0 Å². The van der Waals surface area contributed by atoms with Crippen LogP contribution in [0.4, 0.5) is 5.13 Å². The van der Waals surface area contributed by atoms with E-state index in [1.807, 2.05) is 17.5 Å². The highest BCUT2D eigenvalue weighted by Crippen LogP contribution is 2.31. The quantitative estimate of drug-likeness (QED) is 0.818. The largest absolute Gasteiger partial charge is 0.345 e. The van der Waals surface area contributed by atoms with Crippen molar-refractivity contribution in [3.8, 4) is 0 Å². The van der Waals surface area contributed by atoms with Crippen LogP contribution in [0.2, 0.25) is 0 Å². The van der Waals surface area contributed by atoms with Crippen LogP contribution < -0.4 is 10.2 Å². The first-order chi connectivity index (χ1) is 8.20. The fourth-order valence-corrected chi connectivity index (χ4v) is 3.46. The molecule has 1 aliphatic rings. The maximum absolute atomic E-state index is 4.57. The summed E-state index contributed by atoms with van der Waals surface area (Å²) in [7, 11) is 0. The minimum atomic E-state index is 0.646. The van der Waals surface area contributed by atoms with Crippen LogP contribution in [0.1, 0.15) is 38.5 Å². The summed E-state index contributed by atoms with van der Waals surface area (Å²) in [5, 5.41) is 4.63. The molecular formula is C13H23N3S. The smallest absolute Gasteiger partial charge is 0.185 e. The highest BCUT2D eigenvalue weighted by Gasteiger charge is 2.27. The Morgan fingerprint density at radius 2 is 2.35 bits per heavy atom. The standard InChI is InChI=1S/C13H23N3S/c1-4-5-14-7-12-8-15-13(17-12)16-9-10(2)6-11(16)3/h8,10-11,14H,4-7,9H2,1-3H3. The van der Waals surface area contributed by atoms with E-state index in [1.165, 1.54) is 22.9 Å². The summed E-state index contributed by atoms with van der Waals surface area (Å²) in [6.07, 6.45) is 4.51. The Morgan fingerprint density at radius 3 is 3.00 bits per heavy atom. The van der Waals surface area contributed by atoms with E-state index in [4.69, 9.17) is 0 Å². The van der Waals surface area contributed by atoms with E-state index >= 15 is 0 Å². The van der Waals surface area contributed by atoms with Crippen molar-refractivity contribution in [2.45, 2.75) is 46.2 Å². The van der Waals surface area contributed by atoms with Crippen LogP contribution in [0.5, 0.6) is 0 Å².